The second-order valence-corrected chi connectivity index (χ2v) is 7.04. The third-order valence-corrected chi connectivity index (χ3v) is 4.96. The molecule has 1 fully saturated rings. The quantitative estimate of drug-likeness (QED) is 0.771. The molecule has 0 radical (unpaired) electrons. The Bertz CT molecular complexity index is 812. The number of hydrogen-bond donors (Lipinski definition) is 1. The number of methoxy groups -OCH3 is 1. The van der Waals surface area contributed by atoms with Crippen LogP contribution in [0.15, 0.2) is 48.5 Å². The molecule has 1 amide bonds. The zero-order valence-electron chi connectivity index (χ0n) is 16.3. The van der Waals surface area contributed by atoms with Crippen molar-refractivity contribution < 1.29 is 19.1 Å². The minimum absolute atomic E-state index is 0.290. The zero-order valence-corrected chi connectivity index (χ0v) is 16.3. The Balaban J connectivity index is 1.50. The van der Waals surface area contributed by atoms with E-state index in [2.05, 4.69) is 17.1 Å². The molecule has 0 atom stereocenters. The molecule has 6 nitrogen and oxygen atoms in total. The van der Waals surface area contributed by atoms with Gasteiger partial charge in [0.1, 0.15) is 11.3 Å². The summed E-state index contributed by atoms with van der Waals surface area (Å²) in [6.45, 7) is 4.05. The highest BCUT2D eigenvalue weighted by molar-refractivity contribution is 5.96. The van der Waals surface area contributed by atoms with Crippen LogP contribution < -0.4 is 15.0 Å². The summed E-state index contributed by atoms with van der Waals surface area (Å²) in [4.78, 5) is 26.6. The van der Waals surface area contributed by atoms with Crippen LogP contribution in [0.5, 0.6) is 5.75 Å². The summed E-state index contributed by atoms with van der Waals surface area (Å²) < 4.78 is 10.2. The van der Waals surface area contributed by atoms with Gasteiger partial charge in [0.15, 0.2) is 6.61 Å². The lowest BCUT2D eigenvalue weighted by Gasteiger charge is -2.32. The topological polar surface area (TPSA) is 67.9 Å². The molecular formula is C22H26N2O4. The van der Waals surface area contributed by atoms with Gasteiger partial charge in [0.05, 0.1) is 7.11 Å². The van der Waals surface area contributed by atoms with Crippen LogP contribution in [0.2, 0.25) is 0 Å². The average Bonchev–Trinajstić information content (AvgIpc) is 2.73. The predicted molar refractivity (Wildman–Crippen MR) is 109 cm³/mol. The molecule has 1 aliphatic heterocycles. The Morgan fingerprint density at radius 2 is 1.75 bits per heavy atom. The van der Waals surface area contributed by atoms with Crippen LogP contribution in [0.3, 0.4) is 0 Å². The number of carbonyl (C=O) groups is 2. The number of piperidine rings is 1. The van der Waals surface area contributed by atoms with E-state index in [1.807, 2.05) is 24.3 Å². The van der Waals surface area contributed by atoms with Crippen molar-refractivity contribution in [2.45, 2.75) is 19.8 Å². The van der Waals surface area contributed by atoms with E-state index in [1.54, 1.807) is 24.3 Å². The van der Waals surface area contributed by atoms with Crippen molar-refractivity contribution in [3.8, 4) is 5.75 Å². The van der Waals surface area contributed by atoms with Gasteiger partial charge in [-0.05, 0) is 55.2 Å². The van der Waals surface area contributed by atoms with Gasteiger partial charge < -0.3 is 19.7 Å². The number of esters is 1. The molecule has 0 unspecified atom stereocenters. The van der Waals surface area contributed by atoms with Gasteiger partial charge in [-0.25, -0.2) is 4.79 Å². The molecule has 0 spiro atoms. The molecule has 0 aliphatic carbocycles. The van der Waals surface area contributed by atoms with Gasteiger partial charge in [0.2, 0.25) is 0 Å². The van der Waals surface area contributed by atoms with E-state index in [0.717, 1.165) is 24.7 Å². The summed E-state index contributed by atoms with van der Waals surface area (Å²) in [5, 5.41) is 2.75. The van der Waals surface area contributed by atoms with Crippen molar-refractivity contribution in [2.24, 2.45) is 5.92 Å². The van der Waals surface area contributed by atoms with Crippen LogP contribution in [0.1, 0.15) is 30.1 Å². The Morgan fingerprint density at radius 3 is 2.43 bits per heavy atom. The second-order valence-electron chi connectivity index (χ2n) is 7.04. The highest BCUT2D eigenvalue weighted by Gasteiger charge is 2.17. The van der Waals surface area contributed by atoms with Crippen molar-refractivity contribution in [2.75, 3.05) is 37.0 Å². The fourth-order valence-corrected chi connectivity index (χ4v) is 3.24. The van der Waals surface area contributed by atoms with Crippen molar-refractivity contribution >= 4 is 23.3 Å². The summed E-state index contributed by atoms with van der Waals surface area (Å²) >= 11 is 0. The molecule has 2 aromatic rings. The van der Waals surface area contributed by atoms with Crippen molar-refractivity contribution in [3.05, 3.63) is 54.1 Å². The largest absolute Gasteiger partial charge is 0.496 e. The standard InChI is InChI=1S/C22H26N2O4/c1-16-11-13-24(14-12-16)18-9-7-17(8-10-18)23-21(25)15-28-22(26)19-5-3-4-6-20(19)27-2/h3-10,16H,11-15H2,1-2H3,(H,23,25). The van der Waals surface area contributed by atoms with Crippen LogP contribution in [-0.2, 0) is 9.53 Å². The first-order valence-corrected chi connectivity index (χ1v) is 9.52. The fourth-order valence-electron chi connectivity index (χ4n) is 3.24. The normalized spacial score (nSPS) is 14.4. The molecular weight excluding hydrogens is 356 g/mol. The minimum Gasteiger partial charge on any atom is -0.496 e. The van der Waals surface area contributed by atoms with Crippen LogP contribution in [0.4, 0.5) is 11.4 Å². The van der Waals surface area contributed by atoms with Crippen LogP contribution >= 0.6 is 0 Å². The predicted octanol–water partition coefficient (Wildman–Crippen LogP) is 3.73. The van der Waals surface area contributed by atoms with Crippen LogP contribution in [0.25, 0.3) is 0 Å². The summed E-state index contributed by atoms with van der Waals surface area (Å²) in [6, 6.07) is 14.5. The van der Waals surface area contributed by atoms with Crippen molar-refractivity contribution in [1.29, 1.82) is 0 Å². The lowest BCUT2D eigenvalue weighted by atomic mass is 9.99. The van der Waals surface area contributed by atoms with Crippen LogP contribution in [0, 0.1) is 5.92 Å². The maximum atomic E-state index is 12.1. The molecule has 1 aliphatic rings. The smallest absolute Gasteiger partial charge is 0.342 e. The number of benzene rings is 2. The van der Waals surface area contributed by atoms with Crippen LogP contribution in [-0.4, -0.2) is 38.7 Å². The number of hydrogen-bond acceptors (Lipinski definition) is 5. The molecule has 28 heavy (non-hydrogen) atoms. The highest BCUT2D eigenvalue weighted by atomic mass is 16.5. The molecule has 6 heteroatoms. The van der Waals surface area contributed by atoms with E-state index in [4.69, 9.17) is 9.47 Å². The lowest BCUT2D eigenvalue weighted by molar-refractivity contribution is -0.119. The number of amides is 1. The number of anilines is 2. The molecule has 148 valence electrons. The summed E-state index contributed by atoms with van der Waals surface area (Å²) in [5.41, 5.74) is 2.12. The van der Waals surface area contributed by atoms with Gasteiger partial charge in [-0.3, -0.25) is 4.79 Å². The maximum Gasteiger partial charge on any atom is 0.342 e. The molecule has 1 N–H and O–H groups in total. The van der Waals surface area contributed by atoms with Crippen molar-refractivity contribution in [3.63, 3.8) is 0 Å². The van der Waals surface area contributed by atoms with Gasteiger partial charge in [-0.1, -0.05) is 19.1 Å². The molecule has 3 rings (SSSR count). The highest BCUT2D eigenvalue weighted by Crippen LogP contribution is 2.24. The number of nitrogens with zero attached hydrogens (tertiary/aromatic N) is 1. The van der Waals surface area contributed by atoms with Gasteiger partial charge in [-0.15, -0.1) is 0 Å². The molecule has 1 heterocycles. The first-order valence-electron chi connectivity index (χ1n) is 9.52. The summed E-state index contributed by atoms with van der Waals surface area (Å²) in [5.74, 6) is 0.217. The Labute approximate surface area is 165 Å². The van der Waals surface area contributed by atoms with E-state index >= 15 is 0 Å². The van der Waals surface area contributed by atoms with Crippen molar-refractivity contribution in [1.82, 2.24) is 0 Å². The molecule has 0 aromatic heterocycles. The van der Waals surface area contributed by atoms with Gasteiger partial charge >= 0.3 is 5.97 Å². The summed E-state index contributed by atoms with van der Waals surface area (Å²) in [6.07, 6.45) is 2.41. The van der Waals surface area contributed by atoms with Gasteiger partial charge in [0.25, 0.3) is 5.91 Å². The Morgan fingerprint density at radius 1 is 1.07 bits per heavy atom. The second kappa shape index (κ2) is 9.26. The molecule has 1 saturated heterocycles. The average molecular weight is 382 g/mol. The number of rotatable bonds is 6. The maximum absolute atomic E-state index is 12.1. The monoisotopic (exact) mass is 382 g/mol. The van der Waals surface area contributed by atoms with E-state index in [0.29, 0.717) is 11.4 Å². The SMILES string of the molecule is COc1ccccc1C(=O)OCC(=O)Nc1ccc(N2CCC(C)CC2)cc1. The summed E-state index contributed by atoms with van der Waals surface area (Å²) in [7, 11) is 1.48. The molecule has 0 saturated carbocycles. The zero-order chi connectivity index (χ0) is 19.9. The third-order valence-electron chi connectivity index (χ3n) is 4.96. The first-order chi connectivity index (χ1) is 13.6. The first kappa shape index (κ1) is 19.7. The molecule has 0 bridgehead atoms. The van der Waals surface area contributed by atoms with Gasteiger partial charge in [0, 0.05) is 24.5 Å². The van der Waals surface area contributed by atoms with E-state index in [-0.39, 0.29) is 18.1 Å². The van der Waals surface area contributed by atoms with Gasteiger partial charge in [-0.2, -0.15) is 0 Å². The lowest BCUT2D eigenvalue weighted by Crippen LogP contribution is -2.32. The Hall–Kier alpha value is -3.02. The fraction of sp³-hybridized carbons (Fsp3) is 0.364. The third kappa shape index (κ3) is 5.03. The number of carbonyl (C=O) groups excluding carboxylic acids is 2. The number of para-hydroxylation sites is 1. The minimum atomic E-state index is -0.595. The van der Waals surface area contributed by atoms with E-state index in [1.165, 1.54) is 20.0 Å². The number of nitrogens with one attached hydrogen (secondary N) is 1. The van der Waals surface area contributed by atoms with E-state index < -0.39 is 5.97 Å². The Kier molecular flexibility index (Phi) is 6.53. The number of ether oxygens (including phenoxy) is 2. The molecule has 2 aromatic carbocycles. The van der Waals surface area contributed by atoms with E-state index in [9.17, 15) is 9.59 Å².